The molecule has 0 saturated heterocycles. The Morgan fingerprint density at radius 1 is 1.09 bits per heavy atom. The predicted molar refractivity (Wildman–Crippen MR) is 88.4 cm³/mol. The summed E-state index contributed by atoms with van der Waals surface area (Å²) in [5.41, 5.74) is 0.680. The fraction of sp³-hybridized carbons (Fsp3) is 0.353. The van der Waals surface area contributed by atoms with E-state index in [2.05, 4.69) is 4.98 Å². The van der Waals surface area contributed by atoms with Crippen LogP contribution in [0.2, 0.25) is 0 Å². The summed E-state index contributed by atoms with van der Waals surface area (Å²) in [7, 11) is 1.65. The van der Waals surface area contributed by atoms with Gasteiger partial charge in [0.05, 0.1) is 17.4 Å². The summed E-state index contributed by atoms with van der Waals surface area (Å²) in [6, 6.07) is 7.86. The summed E-state index contributed by atoms with van der Waals surface area (Å²) in [5.74, 6) is 0. The maximum Gasteiger partial charge on any atom is 0.333 e. The van der Waals surface area contributed by atoms with Gasteiger partial charge >= 0.3 is 7.48 Å². The highest BCUT2D eigenvalue weighted by atomic mass is 16.5. The fourth-order valence-corrected chi connectivity index (χ4v) is 2.15. The van der Waals surface area contributed by atoms with E-state index in [0.29, 0.717) is 0 Å². The highest BCUT2D eigenvalue weighted by Gasteiger charge is 2.36. The van der Waals surface area contributed by atoms with Gasteiger partial charge in [0.15, 0.2) is 5.58 Å². The fourth-order valence-electron chi connectivity index (χ4n) is 2.15. The molecule has 1 radical (unpaired) electrons. The maximum atomic E-state index is 10.2. The lowest BCUT2D eigenvalue weighted by molar-refractivity contribution is -0.0893. The van der Waals surface area contributed by atoms with E-state index < -0.39 is 11.2 Å². The minimum Gasteiger partial charge on any atom is -0.454 e. The second kappa shape index (κ2) is 5.11. The van der Waals surface area contributed by atoms with Crippen LogP contribution in [0.5, 0.6) is 0 Å². The van der Waals surface area contributed by atoms with Crippen LogP contribution in [0, 0.1) is 0 Å². The molecule has 0 unspecified atom stereocenters. The summed E-state index contributed by atoms with van der Waals surface area (Å²) in [4.78, 5) is 4.20. The lowest BCUT2D eigenvalue weighted by Crippen LogP contribution is -2.49. The molecular formula is C17H19BNO3. The summed E-state index contributed by atoms with van der Waals surface area (Å²) in [6.45, 7) is 7.16. The lowest BCUT2D eigenvalue weighted by atomic mass is 9.81. The Bertz CT molecular complexity index is 817. The van der Waals surface area contributed by atoms with Crippen LogP contribution in [0.15, 0.2) is 41.1 Å². The van der Waals surface area contributed by atoms with E-state index in [-0.39, 0.29) is 0 Å². The first kappa shape index (κ1) is 15.1. The lowest BCUT2D eigenvalue weighted by Gasteiger charge is -2.37. The molecule has 3 rings (SSSR count). The molecule has 5 heteroatoms. The van der Waals surface area contributed by atoms with Crippen LogP contribution >= 0.6 is 0 Å². The molecule has 0 saturated carbocycles. The van der Waals surface area contributed by atoms with Gasteiger partial charge in [-0.2, -0.15) is 0 Å². The van der Waals surface area contributed by atoms with Gasteiger partial charge in [0, 0.05) is 17.0 Å². The van der Waals surface area contributed by atoms with Crippen LogP contribution in [0.3, 0.4) is 0 Å². The molecule has 0 amide bonds. The van der Waals surface area contributed by atoms with Crippen molar-refractivity contribution in [2.24, 2.45) is 0 Å². The Hall–Kier alpha value is -1.85. The van der Waals surface area contributed by atoms with Crippen molar-refractivity contribution in [2.75, 3.05) is 0 Å². The van der Waals surface area contributed by atoms with Gasteiger partial charge in [-0.15, -0.1) is 0 Å². The largest absolute Gasteiger partial charge is 0.454 e. The van der Waals surface area contributed by atoms with E-state index >= 15 is 0 Å². The number of pyridine rings is 1. The molecule has 22 heavy (non-hydrogen) atoms. The van der Waals surface area contributed by atoms with Crippen molar-refractivity contribution in [3.8, 4) is 0 Å². The zero-order chi connectivity index (χ0) is 16.0. The van der Waals surface area contributed by atoms with Gasteiger partial charge in [-0.3, -0.25) is 4.98 Å². The van der Waals surface area contributed by atoms with Crippen molar-refractivity contribution < 1.29 is 14.2 Å². The van der Waals surface area contributed by atoms with Crippen molar-refractivity contribution in [2.45, 2.75) is 38.9 Å². The van der Waals surface area contributed by atoms with Crippen LogP contribution < -0.4 is 5.46 Å². The average Bonchev–Trinajstić information content (AvgIpc) is 2.83. The smallest absolute Gasteiger partial charge is 0.333 e. The van der Waals surface area contributed by atoms with Gasteiger partial charge in [0.1, 0.15) is 5.58 Å². The number of furan rings is 1. The van der Waals surface area contributed by atoms with Crippen LogP contribution in [0.1, 0.15) is 27.7 Å². The Balaban J connectivity index is 2.01. The van der Waals surface area contributed by atoms with Crippen LogP contribution in [0.4, 0.5) is 0 Å². The molecule has 0 aliphatic heterocycles. The number of aliphatic hydroxyl groups is 1. The third kappa shape index (κ3) is 2.51. The summed E-state index contributed by atoms with van der Waals surface area (Å²) in [5, 5.41) is 12.2. The Morgan fingerprint density at radius 3 is 2.55 bits per heavy atom. The Morgan fingerprint density at radius 2 is 1.82 bits per heavy atom. The van der Waals surface area contributed by atoms with Crippen molar-refractivity contribution in [1.29, 1.82) is 0 Å². The number of fused-ring (bicyclic) bond motifs is 3. The first-order chi connectivity index (χ1) is 10.3. The van der Waals surface area contributed by atoms with Gasteiger partial charge in [0.25, 0.3) is 0 Å². The number of aromatic nitrogens is 1. The van der Waals surface area contributed by atoms with E-state index in [1.54, 1.807) is 33.7 Å². The second-order valence-electron chi connectivity index (χ2n) is 6.51. The predicted octanol–water partition coefficient (Wildman–Crippen LogP) is 2.79. The molecule has 113 valence electrons. The quantitative estimate of drug-likeness (QED) is 0.752. The molecule has 2 aromatic heterocycles. The number of hydrogen-bond donors (Lipinski definition) is 1. The van der Waals surface area contributed by atoms with Crippen molar-refractivity contribution >= 4 is 34.9 Å². The van der Waals surface area contributed by atoms with E-state index in [9.17, 15) is 5.11 Å². The maximum absolute atomic E-state index is 10.2. The molecule has 0 aliphatic carbocycles. The van der Waals surface area contributed by atoms with Crippen molar-refractivity contribution in [3.63, 3.8) is 0 Å². The van der Waals surface area contributed by atoms with Crippen LogP contribution in [-0.2, 0) is 4.65 Å². The average molecular weight is 296 g/mol. The molecule has 1 N–H and O–H groups in total. The topological polar surface area (TPSA) is 55.5 Å². The van der Waals surface area contributed by atoms with Gasteiger partial charge in [-0.05, 0) is 39.2 Å². The van der Waals surface area contributed by atoms with E-state index in [1.807, 2.05) is 38.1 Å². The molecular weight excluding hydrogens is 277 g/mol. The minimum absolute atomic E-state index is 0.722. The molecule has 0 aliphatic rings. The zero-order valence-corrected chi connectivity index (χ0v) is 13.3. The summed E-state index contributed by atoms with van der Waals surface area (Å²) < 4.78 is 11.7. The van der Waals surface area contributed by atoms with Crippen molar-refractivity contribution in [1.82, 2.24) is 4.98 Å². The van der Waals surface area contributed by atoms with Gasteiger partial charge in [-0.1, -0.05) is 18.2 Å². The number of para-hydroxylation sites is 1. The van der Waals surface area contributed by atoms with E-state index in [0.717, 1.165) is 27.4 Å². The van der Waals surface area contributed by atoms with Gasteiger partial charge in [0.2, 0.25) is 0 Å². The van der Waals surface area contributed by atoms with Gasteiger partial charge < -0.3 is 14.2 Å². The minimum atomic E-state index is -0.969. The van der Waals surface area contributed by atoms with Crippen molar-refractivity contribution in [3.05, 3.63) is 36.7 Å². The SMILES string of the molecule is CC(C)(O)C(C)(C)O[B]c1cncc2oc3ccccc3c12. The molecule has 0 bridgehead atoms. The highest BCUT2D eigenvalue weighted by molar-refractivity contribution is 6.52. The molecule has 0 atom stereocenters. The molecule has 2 heterocycles. The normalized spacial score (nSPS) is 13.0. The number of benzene rings is 1. The third-order valence-corrected chi connectivity index (χ3v) is 4.27. The first-order valence-electron chi connectivity index (χ1n) is 7.28. The molecule has 4 nitrogen and oxygen atoms in total. The molecule has 0 spiro atoms. The van der Waals surface area contributed by atoms with E-state index in [4.69, 9.17) is 9.07 Å². The van der Waals surface area contributed by atoms with Crippen LogP contribution in [0.25, 0.3) is 21.9 Å². The van der Waals surface area contributed by atoms with E-state index in [1.165, 1.54) is 0 Å². The Kier molecular flexibility index (Phi) is 3.50. The van der Waals surface area contributed by atoms with Gasteiger partial charge in [-0.25, -0.2) is 0 Å². The molecule has 0 fully saturated rings. The van der Waals surface area contributed by atoms with Crippen LogP contribution in [-0.4, -0.2) is 28.8 Å². The first-order valence-corrected chi connectivity index (χ1v) is 7.28. The molecule has 1 aromatic carbocycles. The summed E-state index contributed by atoms with van der Waals surface area (Å²) >= 11 is 0. The highest BCUT2D eigenvalue weighted by Crippen LogP contribution is 2.27. The number of nitrogens with zero attached hydrogens (tertiary/aromatic N) is 1. The summed E-state index contributed by atoms with van der Waals surface area (Å²) in [6.07, 6.45) is 3.44. The second-order valence-corrected chi connectivity index (χ2v) is 6.51. The number of hydrogen-bond acceptors (Lipinski definition) is 4. The molecule has 3 aromatic rings. The number of rotatable bonds is 4. The zero-order valence-electron chi connectivity index (χ0n) is 13.3. The standard InChI is InChI=1S/C17H19BNO3/c1-16(2,20)17(3,4)22-18-12-9-19-10-14-15(12)11-7-5-6-8-13(11)21-14/h5-10,20H,1-4H3. The Labute approximate surface area is 130 Å². The third-order valence-electron chi connectivity index (χ3n) is 4.27. The monoisotopic (exact) mass is 296 g/mol.